The predicted octanol–water partition coefficient (Wildman–Crippen LogP) is 5.72. The highest BCUT2D eigenvalue weighted by atomic mass is 35.5. The van der Waals surface area contributed by atoms with Crippen LogP contribution in [0.5, 0.6) is 11.5 Å². The fourth-order valence-electron chi connectivity index (χ4n) is 2.51. The Morgan fingerprint density at radius 1 is 0.846 bits per heavy atom. The molecule has 0 fully saturated rings. The molecule has 0 heterocycles. The molecular weight excluding hydrogens is 346 g/mol. The van der Waals surface area contributed by atoms with E-state index in [0.29, 0.717) is 19.8 Å². The number of halogens is 1. The summed E-state index contributed by atoms with van der Waals surface area (Å²) in [6.07, 6.45) is 0. The van der Waals surface area contributed by atoms with Crippen LogP contribution in [0.15, 0.2) is 72.8 Å². The van der Waals surface area contributed by atoms with Gasteiger partial charge in [0.1, 0.15) is 24.7 Å². The van der Waals surface area contributed by atoms with E-state index in [9.17, 15) is 0 Å². The Kier molecular flexibility index (Phi) is 6.39. The molecule has 3 aromatic rings. The standard InChI is InChI=1S/C22H22ClNO2/c1-17-14-21(10-11-22(17)23)25-13-12-24-19-8-5-9-20(15-19)26-16-18-6-3-2-4-7-18/h2-11,14-15,24H,12-13,16H2,1H3. The van der Waals surface area contributed by atoms with E-state index in [4.69, 9.17) is 21.1 Å². The van der Waals surface area contributed by atoms with E-state index in [1.165, 1.54) is 0 Å². The Labute approximate surface area is 159 Å². The molecule has 134 valence electrons. The molecule has 0 aliphatic heterocycles. The lowest BCUT2D eigenvalue weighted by Crippen LogP contribution is -2.11. The smallest absolute Gasteiger partial charge is 0.121 e. The SMILES string of the molecule is Cc1cc(OCCNc2cccc(OCc3ccccc3)c2)ccc1Cl. The van der Waals surface area contributed by atoms with E-state index in [0.717, 1.165) is 33.3 Å². The molecular formula is C22H22ClNO2. The second-order valence-electron chi connectivity index (χ2n) is 5.99. The Morgan fingerprint density at radius 2 is 1.65 bits per heavy atom. The molecule has 3 nitrogen and oxygen atoms in total. The fourth-order valence-corrected chi connectivity index (χ4v) is 2.63. The maximum absolute atomic E-state index is 6.02. The Bertz CT molecular complexity index is 837. The minimum atomic E-state index is 0.559. The van der Waals surface area contributed by atoms with Gasteiger partial charge in [-0.1, -0.05) is 48.0 Å². The van der Waals surface area contributed by atoms with Gasteiger partial charge in [0.05, 0.1) is 0 Å². The maximum Gasteiger partial charge on any atom is 0.121 e. The van der Waals surface area contributed by atoms with Crippen molar-refractivity contribution in [2.45, 2.75) is 13.5 Å². The van der Waals surface area contributed by atoms with Crippen LogP contribution in [-0.4, -0.2) is 13.2 Å². The van der Waals surface area contributed by atoms with Crippen LogP contribution in [0.4, 0.5) is 5.69 Å². The van der Waals surface area contributed by atoms with Gasteiger partial charge in [0.15, 0.2) is 0 Å². The van der Waals surface area contributed by atoms with Crippen LogP contribution in [0, 0.1) is 6.92 Å². The quantitative estimate of drug-likeness (QED) is 0.516. The minimum absolute atomic E-state index is 0.559. The number of nitrogens with one attached hydrogen (secondary N) is 1. The van der Waals surface area contributed by atoms with Gasteiger partial charge in [-0.15, -0.1) is 0 Å². The Morgan fingerprint density at radius 3 is 2.46 bits per heavy atom. The van der Waals surface area contributed by atoms with Crippen molar-refractivity contribution in [3.8, 4) is 11.5 Å². The molecule has 0 spiro atoms. The van der Waals surface area contributed by atoms with Crippen molar-refractivity contribution in [2.75, 3.05) is 18.5 Å². The number of anilines is 1. The number of benzene rings is 3. The van der Waals surface area contributed by atoms with E-state index >= 15 is 0 Å². The molecule has 0 saturated carbocycles. The third-order valence-electron chi connectivity index (χ3n) is 3.91. The van der Waals surface area contributed by atoms with Gasteiger partial charge in [-0.25, -0.2) is 0 Å². The second kappa shape index (κ2) is 9.16. The maximum atomic E-state index is 6.02. The molecule has 3 aromatic carbocycles. The molecule has 0 unspecified atom stereocenters. The summed E-state index contributed by atoms with van der Waals surface area (Å²) in [5.74, 6) is 1.67. The van der Waals surface area contributed by atoms with Gasteiger partial charge in [0.2, 0.25) is 0 Å². The zero-order valence-electron chi connectivity index (χ0n) is 14.7. The summed E-state index contributed by atoms with van der Waals surface area (Å²) >= 11 is 6.02. The Balaban J connectivity index is 1.45. The van der Waals surface area contributed by atoms with Gasteiger partial charge in [-0.05, 0) is 48.4 Å². The predicted molar refractivity (Wildman–Crippen MR) is 107 cm³/mol. The molecule has 0 bridgehead atoms. The lowest BCUT2D eigenvalue weighted by Gasteiger charge is -2.11. The van der Waals surface area contributed by atoms with Gasteiger partial charge in [0.25, 0.3) is 0 Å². The lowest BCUT2D eigenvalue weighted by molar-refractivity contribution is 0.306. The zero-order valence-corrected chi connectivity index (χ0v) is 15.5. The second-order valence-corrected chi connectivity index (χ2v) is 6.40. The van der Waals surface area contributed by atoms with Crippen LogP contribution in [0.25, 0.3) is 0 Å². The minimum Gasteiger partial charge on any atom is -0.492 e. The number of ether oxygens (including phenoxy) is 2. The largest absolute Gasteiger partial charge is 0.492 e. The van der Waals surface area contributed by atoms with E-state index in [1.54, 1.807) is 0 Å². The van der Waals surface area contributed by atoms with E-state index in [2.05, 4.69) is 17.4 Å². The van der Waals surface area contributed by atoms with Crippen molar-refractivity contribution in [2.24, 2.45) is 0 Å². The van der Waals surface area contributed by atoms with Gasteiger partial charge in [0, 0.05) is 23.3 Å². The van der Waals surface area contributed by atoms with Gasteiger partial charge in [-0.2, -0.15) is 0 Å². The molecule has 26 heavy (non-hydrogen) atoms. The average Bonchev–Trinajstić information content (AvgIpc) is 2.67. The van der Waals surface area contributed by atoms with Crippen molar-refractivity contribution in [3.63, 3.8) is 0 Å². The van der Waals surface area contributed by atoms with E-state index in [-0.39, 0.29) is 0 Å². The first-order valence-electron chi connectivity index (χ1n) is 8.60. The summed E-state index contributed by atoms with van der Waals surface area (Å²) in [6, 6.07) is 23.8. The van der Waals surface area contributed by atoms with Crippen molar-refractivity contribution < 1.29 is 9.47 Å². The summed E-state index contributed by atoms with van der Waals surface area (Å²) in [4.78, 5) is 0. The van der Waals surface area contributed by atoms with Crippen LogP contribution in [0.1, 0.15) is 11.1 Å². The van der Waals surface area contributed by atoms with Crippen LogP contribution in [0.3, 0.4) is 0 Å². The molecule has 0 amide bonds. The third kappa shape index (κ3) is 5.43. The van der Waals surface area contributed by atoms with Gasteiger partial charge < -0.3 is 14.8 Å². The molecule has 1 N–H and O–H groups in total. The normalized spacial score (nSPS) is 10.4. The first-order chi connectivity index (χ1) is 12.7. The first kappa shape index (κ1) is 18.2. The number of hydrogen-bond acceptors (Lipinski definition) is 3. The molecule has 0 aliphatic carbocycles. The summed E-state index contributed by atoms with van der Waals surface area (Å²) in [5, 5.41) is 4.10. The van der Waals surface area contributed by atoms with E-state index < -0.39 is 0 Å². The highest BCUT2D eigenvalue weighted by molar-refractivity contribution is 6.31. The van der Waals surface area contributed by atoms with Crippen molar-refractivity contribution in [1.29, 1.82) is 0 Å². The summed E-state index contributed by atoms with van der Waals surface area (Å²) in [7, 11) is 0. The van der Waals surface area contributed by atoms with Crippen LogP contribution in [-0.2, 0) is 6.61 Å². The molecule has 0 atom stereocenters. The Hall–Kier alpha value is -2.65. The van der Waals surface area contributed by atoms with Crippen LogP contribution < -0.4 is 14.8 Å². The molecule has 0 aromatic heterocycles. The van der Waals surface area contributed by atoms with E-state index in [1.807, 2.05) is 67.6 Å². The molecule has 3 rings (SSSR count). The highest BCUT2D eigenvalue weighted by Crippen LogP contribution is 2.21. The van der Waals surface area contributed by atoms with Gasteiger partial charge in [-0.3, -0.25) is 0 Å². The average molecular weight is 368 g/mol. The van der Waals surface area contributed by atoms with Crippen molar-refractivity contribution in [1.82, 2.24) is 0 Å². The van der Waals surface area contributed by atoms with Crippen molar-refractivity contribution in [3.05, 3.63) is 88.9 Å². The summed E-state index contributed by atoms with van der Waals surface area (Å²) in [6.45, 7) is 3.79. The van der Waals surface area contributed by atoms with Crippen LogP contribution in [0.2, 0.25) is 5.02 Å². The molecule has 0 aliphatic rings. The lowest BCUT2D eigenvalue weighted by atomic mass is 10.2. The third-order valence-corrected chi connectivity index (χ3v) is 4.34. The van der Waals surface area contributed by atoms with Crippen molar-refractivity contribution >= 4 is 17.3 Å². The molecule has 0 saturated heterocycles. The number of aryl methyl sites for hydroxylation is 1. The van der Waals surface area contributed by atoms with Crippen LogP contribution >= 0.6 is 11.6 Å². The topological polar surface area (TPSA) is 30.5 Å². The first-order valence-corrected chi connectivity index (χ1v) is 8.98. The number of hydrogen-bond donors (Lipinski definition) is 1. The highest BCUT2D eigenvalue weighted by Gasteiger charge is 2.00. The van der Waals surface area contributed by atoms with Gasteiger partial charge >= 0.3 is 0 Å². The zero-order chi connectivity index (χ0) is 18.2. The number of rotatable bonds is 8. The molecule has 4 heteroatoms. The summed E-state index contributed by atoms with van der Waals surface area (Å²) < 4.78 is 11.6. The monoisotopic (exact) mass is 367 g/mol. The summed E-state index contributed by atoms with van der Waals surface area (Å²) in [5.41, 5.74) is 3.17. The molecule has 0 radical (unpaired) electrons. The fraction of sp³-hybridized carbons (Fsp3) is 0.182.